The predicted molar refractivity (Wildman–Crippen MR) is 107 cm³/mol. The lowest BCUT2D eigenvalue weighted by Crippen LogP contribution is -2.34. The van der Waals surface area contributed by atoms with E-state index in [9.17, 15) is 13.2 Å². The summed E-state index contributed by atoms with van der Waals surface area (Å²) in [7, 11) is -3.76. The van der Waals surface area contributed by atoms with Crippen LogP contribution in [0.4, 0.5) is 11.4 Å². The number of nitrogens with zero attached hydrogens (tertiary/aromatic N) is 1. The molecule has 2 aromatic rings. The molecule has 0 radical (unpaired) electrons. The van der Waals surface area contributed by atoms with Gasteiger partial charge in [0.1, 0.15) is 0 Å². The number of nitrogens with one attached hydrogen (secondary N) is 1. The van der Waals surface area contributed by atoms with E-state index < -0.39 is 10.0 Å². The molecule has 1 N–H and O–H groups in total. The maximum atomic E-state index is 12.8. The molecule has 142 valence electrons. The Morgan fingerprint density at radius 2 is 1.93 bits per heavy atom. The second-order valence-electron chi connectivity index (χ2n) is 7.88. The molecule has 2 aliphatic rings. The number of benzene rings is 2. The Hall–Kier alpha value is -2.05. The van der Waals surface area contributed by atoms with Gasteiger partial charge in [-0.2, -0.15) is 0 Å². The van der Waals surface area contributed by atoms with Crippen molar-refractivity contribution >= 4 is 38.9 Å². The van der Waals surface area contributed by atoms with E-state index in [1.54, 1.807) is 42.5 Å². The summed E-state index contributed by atoms with van der Waals surface area (Å²) in [4.78, 5) is 14.6. The number of fused-ring (bicyclic) bond motifs is 1. The van der Waals surface area contributed by atoms with Gasteiger partial charge in [-0.15, -0.1) is 0 Å². The van der Waals surface area contributed by atoms with Crippen molar-refractivity contribution in [3.63, 3.8) is 0 Å². The van der Waals surface area contributed by atoms with Crippen LogP contribution in [0.3, 0.4) is 0 Å². The fourth-order valence-electron chi connectivity index (χ4n) is 3.54. The van der Waals surface area contributed by atoms with Gasteiger partial charge in [0.05, 0.1) is 10.6 Å². The molecule has 0 aromatic heterocycles. The van der Waals surface area contributed by atoms with Crippen molar-refractivity contribution in [1.82, 2.24) is 0 Å². The molecule has 1 amide bonds. The Labute approximate surface area is 164 Å². The van der Waals surface area contributed by atoms with Crippen molar-refractivity contribution in [2.75, 3.05) is 16.2 Å². The summed E-state index contributed by atoms with van der Waals surface area (Å²) in [6.07, 6.45) is 1.89. The van der Waals surface area contributed by atoms with E-state index in [0.29, 0.717) is 17.3 Å². The lowest BCUT2D eigenvalue weighted by molar-refractivity contribution is -0.119. The van der Waals surface area contributed by atoms with E-state index in [-0.39, 0.29) is 22.1 Å². The third-order valence-corrected chi connectivity index (χ3v) is 6.74. The lowest BCUT2D eigenvalue weighted by Gasteiger charge is -2.20. The Morgan fingerprint density at radius 3 is 2.59 bits per heavy atom. The third-order valence-electron chi connectivity index (χ3n) is 5.12. The summed E-state index contributed by atoms with van der Waals surface area (Å²) in [5, 5.41) is 0.458. The van der Waals surface area contributed by atoms with Gasteiger partial charge >= 0.3 is 0 Å². The molecule has 1 aliphatic heterocycles. The van der Waals surface area contributed by atoms with Gasteiger partial charge in [0.25, 0.3) is 10.0 Å². The fraction of sp³-hybridized carbons (Fsp3) is 0.350. The molecule has 2 aromatic carbocycles. The van der Waals surface area contributed by atoms with E-state index in [0.717, 1.165) is 24.1 Å². The number of rotatable bonds is 4. The Kier molecular flexibility index (Phi) is 4.24. The number of hydrogen-bond acceptors (Lipinski definition) is 3. The lowest BCUT2D eigenvalue weighted by atomic mass is 9.87. The van der Waals surface area contributed by atoms with Crippen molar-refractivity contribution in [3.05, 3.63) is 53.1 Å². The standard InChI is InChI=1S/C20H21ClN2O3S/c1-20(2)12-23(19(24)13-6-7-13)18-9-8-16(11-17(18)20)27(25,26)22-15-5-3-4-14(21)10-15/h3-5,8-11,13,22H,6-7,12H2,1-2H3. The van der Waals surface area contributed by atoms with Gasteiger partial charge in [0, 0.05) is 28.6 Å². The third kappa shape index (κ3) is 3.44. The second-order valence-corrected chi connectivity index (χ2v) is 10.00. The quantitative estimate of drug-likeness (QED) is 0.831. The van der Waals surface area contributed by atoms with Gasteiger partial charge in [-0.25, -0.2) is 8.42 Å². The van der Waals surface area contributed by atoms with Gasteiger partial charge in [-0.3, -0.25) is 9.52 Å². The number of hydrogen-bond donors (Lipinski definition) is 1. The number of carbonyl (C=O) groups is 1. The minimum absolute atomic E-state index is 0.125. The van der Waals surface area contributed by atoms with Crippen LogP contribution in [0.1, 0.15) is 32.3 Å². The van der Waals surface area contributed by atoms with Gasteiger partial charge in [-0.05, 0) is 54.8 Å². The maximum Gasteiger partial charge on any atom is 0.261 e. The molecule has 7 heteroatoms. The zero-order chi connectivity index (χ0) is 19.4. The second kappa shape index (κ2) is 6.24. The zero-order valence-corrected chi connectivity index (χ0v) is 16.8. The normalized spacial score (nSPS) is 18.3. The molecule has 1 fully saturated rings. The first kappa shape index (κ1) is 18.3. The van der Waals surface area contributed by atoms with E-state index in [1.165, 1.54) is 0 Å². The highest BCUT2D eigenvalue weighted by molar-refractivity contribution is 7.92. The molecule has 5 nitrogen and oxygen atoms in total. The summed E-state index contributed by atoms with van der Waals surface area (Å²) in [5.74, 6) is 0.272. The highest BCUT2D eigenvalue weighted by Crippen LogP contribution is 2.44. The highest BCUT2D eigenvalue weighted by Gasteiger charge is 2.43. The number of anilines is 2. The van der Waals surface area contributed by atoms with Crippen LogP contribution in [-0.4, -0.2) is 20.9 Å². The molecule has 1 saturated carbocycles. The largest absolute Gasteiger partial charge is 0.311 e. The van der Waals surface area contributed by atoms with Crippen molar-refractivity contribution in [2.24, 2.45) is 5.92 Å². The molecule has 0 spiro atoms. The van der Waals surface area contributed by atoms with Gasteiger partial charge < -0.3 is 4.90 Å². The first-order chi connectivity index (χ1) is 12.7. The van der Waals surface area contributed by atoms with E-state index in [1.807, 2.05) is 18.7 Å². The van der Waals surface area contributed by atoms with Crippen LogP contribution in [0.2, 0.25) is 5.02 Å². The molecule has 0 bridgehead atoms. The minimum atomic E-state index is -3.76. The average molecular weight is 405 g/mol. The zero-order valence-electron chi connectivity index (χ0n) is 15.2. The van der Waals surface area contributed by atoms with Crippen molar-refractivity contribution in [3.8, 4) is 0 Å². The summed E-state index contributed by atoms with van der Waals surface area (Å²) in [5.41, 5.74) is 1.80. The van der Waals surface area contributed by atoms with Gasteiger partial charge in [0.2, 0.25) is 5.91 Å². The van der Waals surface area contributed by atoms with Crippen LogP contribution < -0.4 is 9.62 Å². The number of amides is 1. The molecule has 0 unspecified atom stereocenters. The smallest absolute Gasteiger partial charge is 0.261 e. The summed E-state index contributed by atoms with van der Waals surface area (Å²) < 4.78 is 28.2. The van der Waals surface area contributed by atoms with Gasteiger partial charge in [-0.1, -0.05) is 31.5 Å². The number of halogens is 1. The van der Waals surface area contributed by atoms with Gasteiger partial charge in [0.15, 0.2) is 0 Å². The molecular weight excluding hydrogens is 384 g/mol. The SMILES string of the molecule is CC1(C)CN(C(=O)C2CC2)c2ccc(S(=O)(=O)Nc3cccc(Cl)c3)cc21. The molecule has 27 heavy (non-hydrogen) atoms. The number of sulfonamides is 1. The van der Waals surface area contributed by atoms with Crippen LogP contribution in [0.15, 0.2) is 47.4 Å². The molecule has 0 saturated heterocycles. The Morgan fingerprint density at radius 1 is 1.19 bits per heavy atom. The van der Waals surface area contributed by atoms with E-state index in [4.69, 9.17) is 11.6 Å². The van der Waals surface area contributed by atoms with Crippen LogP contribution >= 0.6 is 11.6 Å². The Balaban J connectivity index is 1.68. The fourth-order valence-corrected chi connectivity index (χ4v) is 4.80. The maximum absolute atomic E-state index is 12.8. The van der Waals surface area contributed by atoms with Crippen LogP contribution in [0.5, 0.6) is 0 Å². The van der Waals surface area contributed by atoms with Crippen molar-refractivity contribution < 1.29 is 13.2 Å². The molecular formula is C20H21ClN2O3S. The summed E-state index contributed by atoms with van der Waals surface area (Å²) >= 11 is 5.94. The van der Waals surface area contributed by atoms with Crippen molar-refractivity contribution in [1.29, 1.82) is 0 Å². The monoisotopic (exact) mass is 404 g/mol. The van der Waals surface area contributed by atoms with Crippen molar-refractivity contribution in [2.45, 2.75) is 37.0 Å². The predicted octanol–water partition coefficient (Wildman–Crippen LogP) is 4.18. The highest BCUT2D eigenvalue weighted by atomic mass is 35.5. The van der Waals surface area contributed by atoms with Crippen LogP contribution in [0, 0.1) is 5.92 Å². The average Bonchev–Trinajstić information content (AvgIpc) is 3.40. The first-order valence-corrected chi connectivity index (χ1v) is 10.8. The van der Waals surface area contributed by atoms with E-state index in [2.05, 4.69) is 4.72 Å². The first-order valence-electron chi connectivity index (χ1n) is 8.92. The van der Waals surface area contributed by atoms with Crippen LogP contribution in [0.25, 0.3) is 0 Å². The topological polar surface area (TPSA) is 66.5 Å². The van der Waals surface area contributed by atoms with E-state index >= 15 is 0 Å². The molecule has 4 rings (SSSR count). The minimum Gasteiger partial charge on any atom is -0.311 e. The Bertz CT molecular complexity index is 1030. The number of carbonyl (C=O) groups excluding carboxylic acids is 1. The molecule has 1 heterocycles. The van der Waals surface area contributed by atoms with Crippen LogP contribution in [-0.2, 0) is 20.2 Å². The summed E-state index contributed by atoms with van der Waals surface area (Å²) in [6, 6.07) is 11.6. The molecule has 0 atom stereocenters. The molecule has 1 aliphatic carbocycles. The summed E-state index contributed by atoms with van der Waals surface area (Å²) in [6.45, 7) is 4.64.